The third-order valence-corrected chi connectivity index (χ3v) is 2.42. The van der Waals surface area contributed by atoms with Crippen molar-refractivity contribution in [3.63, 3.8) is 0 Å². The molecule has 3 rings (SSSR count). The predicted octanol–water partition coefficient (Wildman–Crippen LogP) is 2.40. The van der Waals surface area contributed by atoms with Gasteiger partial charge in [0.15, 0.2) is 5.82 Å². The Morgan fingerprint density at radius 1 is 0.944 bits per heavy atom. The van der Waals surface area contributed by atoms with Gasteiger partial charge in [0.25, 0.3) is 5.89 Å². The summed E-state index contributed by atoms with van der Waals surface area (Å²) in [5, 5.41) is 7.64. The SMILES string of the molecule is Cc1noc(-c2cccc(-c3noc(C)n3)c2)n1. The van der Waals surface area contributed by atoms with E-state index in [4.69, 9.17) is 9.05 Å². The van der Waals surface area contributed by atoms with Gasteiger partial charge in [-0.25, -0.2) is 0 Å². The van der Waals surface area contributed by atoms with Crippen LogP contribution in [0.2, 0.25) is 0 Å². The van der Waals surface area contributed by atoms with Crippen molar-refractivity contribution >= 4 is 0 Å². The Kier molecular flexibility index (Phi) is 2.40. The van der Waals surface area contributed by atoms with E-state index in [0.29, 0.717) is 23.4 Å². The van der Waals surface area contributed by atoms with E-state index in [1.54, 1.807) is 13.8 Å². The van der Waals surface area contributed by atoms with Gasteiger partial charge in [0, 0.05) is 18.1 Å². The molecule has 6 nitrogen and oxygen atoms in total. The van der Waals surface area contributed by atoms with Crippen molar-refractivity contribution < 1.29 is 9.05 Å². The number of benzene rings is 1. The van der Waals surface area contributed by atoms with E-state index in [1.807, 2.05) is 24.3 Å². The number of hydrogen-bond acceptors (Lipinski definition) is 6. The van der Waals surface area contributed by atoms with Crippen LogP contribution in [-0.4, -0.2) is 20.3 Å². The first-order valence-corrected chi connectivity index (χ1v) is 5.44. The molecule has 2 heterocycles. The van der Waals surface area contributed by atoms with E-state index in [-0.39, 0.29) is 0 Å². The van der Waals surface area contributed by atoms with Crippen LogP contribution in [0.5, 0.6) is 0 Å². The lowest BCUT2D eigenvalue weighted by atomic mass is 10.1. The molecule has 0 saturated heterocycles. The monoisotopic (exact) mass is 242 g/mol. The lowest BCUT2D eigenvalue weighted by molar-refractivity contribution is 0.394. The zero-order chi connectivity index (χ0) is 12.5. The van der Waals surface area contributed by atoms with E-state index < -0.39 is 0 Å². The lowest BCUT2D eigenvalue weighted by Gasteiger charge is -1.97. The summed E-state index contributed by atoms with van der Waals surface area (Å²) in [4.78, 5) is 8.36. The van der Waals surface area contributed by atoms with Crippen LogP contribution >= 0.6 is 0 Å². The Bertz CT molecular complexity index is 631. The molecule has 0 aliphatic heterocycles. The molecule has 0 bridgehead atoms. The highest BCUT2D eigenvalue weighted by Crippen LogP contribution is 2.23. The summed E-state index contributed by atoms with van der Waals surface area (Å²) in [6.07, 6.45) is 0. The second-order valence-electron chi connectivity index (χ2n) is 3.86. The van der Waals surface area contributed by atoms with Gasteiger partial charge in [0.2, 0.25) is 11.7 Å². The number of aryl methyl sites for hydroxylation is 2. The average Bonchev–Trinajstić information content (AvgIpc) is 2.98. The molecular weight excluding hydrogens is 232 g/mol. The van der Waals surface area contributed by atoms with Gasteiger partial charge < -0.3 is 9.05 Å². The second kappa shape index (κ2) is 4.06. The maximum absolute atomic E-state index is 5.12. The average molecular weight is 242 g/mol. The number of nitrogens with zero attached hydrogens (tertiary/aromatic N) is 4. The quantitative estimate of drug-likeness (QED) is 0.686. The third-order valence-electron chi connectivity index (χ3n) is 2.42. The van der Waals surface area contributed by atoms with Crippen LogP contribution in [0.25, 0.3) is 22.8 Å². The van der Waals surface area contributed by atoms with Crippen molar-refractivity contribution in [2.45, 2.75) is 13.8 Å². The molecule has 0 radical (unpaired) electrons. The molecule has 0 aliphatic carbocycles. The van der Waals surface area contributed by atoms with Crippen LogP contribution in [0.4, 0.5) is 0 Å². The molecule has 0 atom stereocenters. The molecule has 18 heavy (non-hydrogen) atoms. The molecule has 0 amide bonds. The zero-order valence-electron chi connectivity index (χ0n) is 9.91. The van der Waals surface area contributed by atoms with E-state index in [1.165, 1.54) is 0 Å². The molecule has 6 heteroatoms. The van der Waals surface area contributed by atoms with Crippen LogP contribution in [0.15, 0.2) is 33.3 Å². The van der Waals surface area contributed by atoms with E-state index in [9.17, 15) is 0 Å². The standard InChI is InChI=1S/C12H10N4O2/c1-7-13-12(18-15-7)10-5-3-4-9(6-10)11-14-8(2)17-16-11/h3-6H,1-2H3. The first-order valence-electron chi connectivity index (χ1n) is 5.44. The molecule has 0 aliphatic rings. The maximum atomic E-state index is 5.12. The van der Waals surface area contributed by atoms with Crippen LogP contribution in [-0.2, 0) is 0 Å². The fourth-order valence-corrected chi connectivity index (χ4v) is 1.62. The molecule has 2 aromatic heterocycles. The molecule has 0 spiro atoms. The normalized spacial score (nSPS) is 10.8. The van der Waals surface area contributed by atoms with Gasteiger partial charge in [0.1, 0.15) is 0 Å². The summed E-state index contributed by atoms with van der Waals surface area (Å²) in [5.41, 5.74) is 1.68. The van der Waals surface area contributed by atoms with E-state index in [2.05, 4.69) is 20.3 Å². The van der Waals surface area contributed by atoms with Crippen molar-refractivity contribution in [3.8, 4) is 22.8 Å². The van der Waals surface area contributed by atoms with Gasteiger partial charge in [-0.3, -0.25) is 0 Å². The van der Waals surface area contributed by atoms with E-state index in [0.717, 1.165) is 11.1 Å². The van der Waals surface area contributed by atoms with Crippen LogP contribution in [0.1, 0.15) is 11.7 Å². The highest BCUT2D eigenvalue weighted by molar-refractivity contribution is 5.64. The molecule has 3 aromatic rings. The largest absolute Gasteiger partial charge is 0.339 e. The zero-order valence-corrected chi connectivity index (χ0v) is 9.91. The van der Waals surface area contributed by atoms with Crippen LogP contribution in [0, 0.1) is 13.8 Å². The first-order chi connectivity index (χ1) is 8.72. The highest BCUT2D eigenvalue weighted by Gasteiger charge is 2.10. The summed E-state index contributed by atoms with van der Waals surface area (Å²) in [7, 11) is 0. The lowest BCUT2D eigenvalue weighted by Crippen LogP contribution is -1.83. The summed E-state index contributed by atoms with van der Waals surface area (Å²) >= 11 is 0. The molecule has 0 unspecified atom stereocenters. The smallest absolute Gasteiger partial charge is 0.257 e. The molecule has 0 saturated carbocycles. The molecular formula is C12H10N4O2. The minimum Gasteiger partial charge on any atom is -0.339 e. The topological polar surface area (TPSA) is 77.8 Å². The number of hydrogen-bond donors (Lipinski definition) is 0. The Morgan fingerprint density at radius 3 is 2.44 bits per heavy atom. The molecule has 90 valence electrons. The Morgan fingerprint density at radius 2 is 1.78 bits per heavy atom. The summed E-state index contributed by atoms with van der Waals surface area (Å²) in [5.74, 6) is 2.16. The van der Waals surface area contributed by atoms with Crippen LogP contribution in [0.3, 0.4) is 0 Å². The summed E-state index contributed by atoms with van der Waals surface area (Å²) < 4.78 is 10.1. The van der Waals surface area contributed by atoms with Gasteiger partial charge in [0.05, 0.1) is 0 Å². The van der Waals surface area contributed by atoms with Crippen molar-refractivity contribution in [2.24, 2.45) is 0 Å². The van der Waals surface area contributed by atoms with Crippen molar-refractivity contribution in [1.82, 2.24) is 20.3 Å². The second-order valence-corrected chi connectivity index (χ2v) is 3.86. The van der Waals surface area contributed by atoms with Gasteiger partial charge in [-0.2, -0.15) is 9.97 Å². The Hall–Kier alpha value is -2.50. The van der Waals surface area contributed by atoms with E-state index >= 15 is 0 Å². The maximum Gasteiger partial charge on any atom is 0.257 e. The van der Waals surface area contributed by atoms with Gasteiger partial charge in [-0.15, -0.1) is 0 Å². The predicted molar refractivity (Wildman–Crippen MR) is 62.5 cm³/mol. The van der Waals surface area contributed by atoms with Crippen molar-refractivity contribution in [2.75, 3.05) is 0 Å². The third kappa shape index (κ3) is 1.88. The fourth-order valence-electron chi connectivity index (χ4n) is 1.62. The fraction of sp³-hybridized carbons (Fsp3) is 0.167. The van der Waals surface area contributed by atoms with Gasteiger partial charge in [-0.05, 0) is 19.1 Å². The Balaban J connectivity index is 2.04. The number of aromatic nitrogens is 4. The number of rotatable bonds is 2. The summed E-state index contributed by atoms with van der Waals surface area (Å²) in [6, 6.07) is 7.56. The van der Waals surface area contributed by atoms with Crippen molar-refractivity contribution in [1.29, 1.82) is 0 Å². The minimum atomic E-state index is 0.481. The highest BCUT2D eigenvalue weighted by atomic mass is 16.5. The minimum absolute atomic E-state index is 0.481. The Labute approximate surface area is 103 Å². The van der Waals surface area contributed by atoms with Crippen LogP contribution < -0.4 is 0 Å². The summed E-state index contributed by atoms with van der Waals surface area (Å²) in [6.45, 7) is 3.53. The first kappa shape index (κ1) is 10.6. The van der Waals surface area contributed by atoms with Crippen molar-refractivity contribution in [3.05, 3.63) is 36.0 Å². The molecule has 1 aromatic carbocycles. The van der Waals surface area contributed by atoms with Gasteiger partial charge >= 0.3 is 0 Å². The van der Waals surface area contributed by atoms with Gasteiger partial charge in [-0.1, -0.05) is 22.4 Å². The molecule has 0 fully saturated rings. The molecule has 0 N–H and O–H groups in total.